The zero-order chi connectivity index (χ0) is 15.0. The van der Waals surface area contributed by atoms with Gasteiger partial charge in [0.25, 0.3) is 0 Å². The lowest BCUT2D eigenvalue weighted by molar-refractivity contribution is 0.256. The fraction of sp³-hybridized carbons (Fsp3) is 0.235. The molecule has 0 bridgehead atoms. The van der Waals surface area contributed by atoms with Gasteiger partial charge >= 0.3 is 6.03 Å². The van der Waals surface area contributed by atoms with Crippen molar-refractivity contribution in [3.63, 3.8) is 0 Å². The van der Waals surface area contributed by atoms with Gasteiger partial charge in [0.05, 0.1) is 0 Å². The van der Waals surface area contributed by atoms with Crippen molar-refractivity contribution in [2.45, 2.75) is 26.7 Å². The number of amides is 2. The van der Waals surface area contributed by atoms with Crippen LogP contribution in [0.15, 0.2) is 48.5 Å². The molecule has 0 unspecified atom stereocenters. The lowest BCUT2D eigenvalue weighted by Gasteiger charge is -2.04. The molecule has 20 heavy (non-hydrogen) atoms. The zero-order valence-corrected chi connectivity index (χ0v) is 12.1. The van der Waals surface area contributed by atoms with Gasteiger partial charge in [0.15, 0.2) is 0 Å². The Bertz CT molecular complexity index is 480. The standard InChI is InChI=1S/C16H18.CH4N2O/c1-3-13-5-9-15(10-6-13)16-11-7-14(4-2)8-12-16;2-1(3)4/h5-12H,3-4H2,1-2H3;(H4,2,3,4). The molecule has 106 valence electrons. The van der Waals surface area contributed by atoms with Crippen LogP contribution in [0.4, 0.5) is 4.79 Å². The van der Waals surface area contributed by atoms with Crippen LogP contribution in [0.3, 0.4) is 0 Å². The number of primary amides is 2. The van der Waals surface area contributed by atoms with E-state index >= 15 is 0 Å². The van der Waals surface area contributed by atoms with Crippen molar-refractivity contribution in [3.05, 3.63) is 59.7 Å². The van der Waals surface area contributed by atoms with Crippen molar-refractivity contribution >= 4 is 6.03 Å². The highest BCUT2D eigenvalue weighted by atomic mass is 16.2. The van der Waals surface area contributed by atoms with Crippen LogP contribution >= 0.6 is 0 Å². The van der Waals surface area contributed by atoms with Gasteiger partial charge in [0.2, 0.25) is 0 Å². The van der Waals surface area contributed by atoms with Gasteiger partial charge in [-0.1, -0.05) is 62.4 Å². The van der Waals surface area contributed by atoms with E-state index in [1.807, 2.05) is 0 Å². The monoisotopic (exact) mass is 270 g/mol. The fourth-order valence-electron chi connectivity index (χ4n) is 1.87. The van der Waals surface area contributed by atoms with Crippen LogP contribution in [0.5, 0.6) is 0 Å². The number of aryl methyl sites for hydroxylation is 2. The molecule has 2 amide bonds. The average molecular weight is 270 g/mol. The van der Waals surface area contributed by atoms with Crippen LogP contribution in [0.2, 0.25) is 0 Å². The maximum Gasteiger partial charge on any atom is 0.309 e. The molecular formula is C17H22N2O. The summed E-state index contributed by atoms with van der Waals surface area (Å²) in [4.78, 5) is 9.00. The number of nitrogens with two attached hydrogens (primary N) is 2. The molecule has 3 nitrogen and oxygen atoms in total. The Morgan fingerprint density at radius 1 is 0.750 bits per heavy atom. The largest absolute Gasteiger partial charge is 0.352 e. The number of benzene rings is 2. The van der Waals surface area contributed by atoms with Crippen LogP contribution in [0, 0.1) is 0 Å². The van der Waals surface area contributed by atoms with Crippen molar-refractivity contribution in [3.8, 4) is 11.1 Å². The summed E-state index contributed by atoms with van der Waals surface area (Å²) in [7, 11) is 0. The summed E-state index contributed by atoms with van der Waals surface area (Å²) < 4.78 is 0. The maximum atomic E-state index is 9.00. The summed E-state index contributed by atoms with van der Waals surface area (Å²) in [6.07, 6.45) is 2.21. The molecule has 2 aromatic carbocycles. The van der Waals surface area contributed by atoms with Crippen molar-refractivity contribution in [1.29, 1.82) is 0 Å². The van der Waals surface area contributed by atoms with Gasteiger partial charge in [-0.15, -0.1) is 0 Å². The molecule has 4 N–H and O–H groups in total. The number of rotatable bonds is 3. The molecule has 3 heteroatoms. The first-order valence-electron chi connectivity index (χ1n) is 6.80. The van der Waals surface area contributed by atoms with Crippen LogP contribution in [-0.4, -0.2) is 6.03 Å². The van der Waals surface area contributed by atoms with Crippen LogP contribution in [0.1, 0.15) is 25.0 Å². The second-order valence-electron chi connectivity index (χ2n) is 4.50. The van der Waals surface area contributed by atoms with Gasteiger partial charge in [0, 0.05) is 0 Å². The van der Waals surface area contributed by atoms with Gasteiger partial charge in [-0.2, -0.15) is 0 Å². The summed E-state index contributed by atoms with van der Waals surface area (Å²) in [6, 6.07) is 16.8. The van der Waals surface area contributed by atoms with Crippen LogP contribution < -0.4 is 11.5 Å². The molecule has 0 aromatic heterocycles. The van der Waals surface area contributed by atoms with Crippen LogP contribution in [0.25, 0.3) is 11.1 Å². The van der Waals surface area contributed by atoms with E-state index in [2.05, 4.69) is 73.8 Å². The highest BCUT2D eigenvalue weighted by molar-refractivity contribution is 5.69. The molecule has 0 heterocycles. The molecule has 0 aliphatic heterocycles. The predicted octanol–water partition coefficient (Wildman–Crippen LogP) is 3.50. The van der Waals surface area contributed by atoms with E-state index in [9.17, 15) is 0 Å². The second-order valence-corrected chi connectivity index (χ2v) is 4.50. The first-order valence-corrected chi connectivity index (χ1v) is 6.80. The summed E-state index contributed by atoms with van der Waals surface area (Å²) in [5.74, 6) is 0. The lowest BCUT2D eigenvalue weighted by atomic mass is 10.0. The molecule has 0 fully saturated rings. The molecule has 2 rings (SSSR count). The normalized spacial score (nSPS) is 9.50. The minimum atomic E-state index is -0.833. The van der Waals surface area contributed by atoms with Gasteiger partial charge in [0.1, 0.15) is 0 Å². The smallest absolute Gasteiger partial charge is 0.309 e. The lowest BCUT2D eigenvalue weighted by Crippen LogP contribution is -2.18. The summed E-state index contributed by atoms with van der Waals surface area (Å²) in [5.41, 5.74) is 13.9. The molecule has 0 atom stereocenters. The summed E-state index contributed by atoms with van der Waals surface area (Å²) in [6.45, 7) is 4.37. The number of urea groups is 1. The fourth-order valence-corrected chi connectivity index (χ4v) is 1.87. The number of hydrogen-bond donors (Lipinski definition) is 2. The van der Waals surface area contributed by atoms with Crippen molar-refractivity contribution in [2.24, 2.45) is 11.5 Å². The zero-order valence-electron chi connectivity index (χ0n) is 12.1. The van der Waals surface area contributed by atoms with E-state index in [4.69, 9.17) is 4.79 Å². The Hall–Kier alpha value is -2.29. The van der Waals surface area contributed by atoms with Gasteiger partial charge in [-0.25, -0.2) is 4.79 Å². The number of carbonyl (C=O) groups excluding carboxylic acids is 1. The highest BCUT2D eigenvalue weighted by Gasteiger charge is 1.97. The third kappa shape index (κ3) is 5.14. The molecule has 0 radical (unpaired) electrons. The second kappa shape index (κ2) is 8.00. The molecule has 0 saturated heterocycles. The van der Waals surface area contributed by atoms with E-state index in [-0.39, 0.29) is 0 Å². The molecule has 2 aromatic rings. The third-order valence-electron chi connectivity index (χ3n) is 3.06. The van der Waals surface area contributed by atoms with Gasteiger partial charge in [-0.05, 0) is 35.1 Å². The summed E-state index contributed by atoms with van der Waals surface area (Å²) >= 11 is 0. The van der Waals surface area contributed by atoms with E-state index in [0.29, 0.717) is 0 Å². The van der Waals surface area contributed by atoms with Crippen molar-refractivity contribution < 1.29 is 4.79 Å². The molecule has 0 aliphatic rings. The van der Waals surface area contributed by atoms with Crippen molar-refractivity contribution in [2.75, 3.05) is 0 Å². The van der Waals surface area contributed by atoms with Crippen molar-refractivity contribution in [1.82, 2.24) is 0 Å². The van der Waals surface area contributed by atoms with Gasteiger partial charge in [-0.3, -0.25) is 0 Å². The topological polar surface area (TPSA) is 69.1 Å². The Morgan fingerprint density at radius 2 is 1.00 bits per heavy atom. The Labute approximate surface area is 120 Å². The van der Waals surface area contributed by atoms with Crippen LogP contribution in [-0.2, 0) is 12.8 Å². The van der Waals surface area contributed by atoms with E-state index in [0.717, 1.165) is 12.8 Å². The first-order chi connectivity index (χ1) is 9.56. The average Bonchev–Trinajstić information content (AvgIpc) is 2.47. The maximum absolute atomic E-state index is 9.00. The quantitative estimate of drug-likeness (QED) is 0.880. The molecular weight excluding hydrogens is 248 g/mol. The number of hydrogen-bond acceptors (Lipinski definition) is 1. The Balaban J connectivity index is 0.000000444. The highest BCUT2D eigenvalue weighted by Crippen LogP contribution is 2.20. The predicted molar refractivity (Wildman–Crippen MR) is 84.4 cm³/mol. The number of carbonyl (C=O) groups is 1. The minimum Gasteiger partial charge on any atom is -0.352 e. The molecule has 0 aliphatic carbocycles. The molecule has 0 saturated carbocycles. The third-order valence-corrected chi connectivity index (χ3v) is 3.06. The van der Waals surface area contributed by atoms with Gasteiger partial charge < -0.3 is 11.5 Å². The van der Waals surface area contributed by atoms with E-state index in [1.54, 1.807) is 0 Å². The Morgan fingerprint density at radius 3 is 1.20 bits per heavy atom. The SMILES string of the molecule is CCc1ccc(-c2ccc(CC)cc2)cc1.NC(N)=O. The van der Waals surface area contributed by atoms with E-state index in [1.165, 1.54) is 22.3 Å². The summed E-state index contributed by atoms with van der Waals surface area (Å²) in [5, 5.41) is 0. The van der Waals surface area contributed by atoms with E-state index < -0.39 is 6.03 Å². The first kappa shape index (κ1) is 15.8. The Kier molecular flexibility index (Phi) is 6.30. The molecule has 0 spiro atoms. The minimum absolute atomic E-state index is 0.833.